The summed E-state index contributed by atoms with van der Waals surface area (Å²) in [6.07, 6.45) is 4.38. The average Bonchev–Trinajstić information content (AvgIpc) is 2.69. The Labute approximate surface area is 147 Å². The lowest BCUT2D eigenvalue weighted by molar-refractivity contribution is 0.0592. The number of amides is 1. The van der Waals surface area contributed by atoms with E-state index in [2.05, 4.69) is 11.1 Å². The van der Waals surface area contributed by atoms with E-state index >= 15 is 0 Å². The number of hydrogen-bond donors (Lipinski definition) is 0. The minimum absolute atomic E-state index is 0.120. The van der Waals surface area contributed by atoms with Crippen LogP contribution in [0.4, 0.5) is 0 Å². The normalized spacial score (nSPS) is 18.2. The number of ether oxygens (including phenoxy) is 1. The maximum atomic E-state index is 13.1. The summed E-state index contributed by atoms with van der Waals surface area (Å²) in [5, 5.41) is 9.78. The van der Waals surface area contributed by atoms with Gasteiger partial charge in [-0.1, -0.05) is 30.3 Å². The van der Waals surface area contributed by atoms with Gasteiger partial charge in [0.1, 0.15) is 5.56 Å². The van der Waals surface area contributed by atoms with E-state index in [1.807, 2.05) is 35.2 Å². The molecule has 1 saturated heterocycles. The molecular formula is C20H21N3O2. The maximum Gasteiger partial charge on any atom is 0.259 e. The molecule has 0 aliphatic carbocycles. The van der Waals surface area contributed by atoms with E-state index in [0.717, 1.165) is 24.8 Å². The highest BCUT2D eigenvalue weighted by Gasteiger charge is 2.35. The number of aromatic nitrogens is 1. The molecular weight excluding hydrogens is 314 g/mol. The molecule has 5 nitrogen and oxygen atoms in total. The summed E-state index contributed by atoms with van der Waals surface area (Å²) in [5.74, 6) is -0.135. The molecule has 1 aliphatic rings. The second kappa shape index (κ2) is 7.80. The standard InChI is InChI=1S/C20H21N3O2/c1-25-19-16(10-7-12-22-19)20(24)23-13-6-5-11-18(23)17(14-21)15-8-3-2-4-9-15/h2-4,7-10,12,17-18H,5-6,11,13H2,1H3/t17-,18+/m0/s1. The Morgan fingerprint density at radius 3 is 2.80 bits per heavy atom. The molecule has 0 bridgehead atoms. The molecule has 3 rings (SSSR count). The van der Waals surface area contributed by atoms with Crippen molar-refractivity contribution >= 4 is 5.91 Å². The lowest BCUT2D eigenvalue weighted by Gasteiger charge is -2.38. The van der Waals surface area contributed by atoms with E-state index in [9.17, 15) is 10.1 Å². The number of rotatable bonds is 4. The zero-order valence-electron chi connectivity index (χ0n) is 14.3. The number of pyridine rings is 1. The Morgan fingerprint density at radius 2 is 2.08 bits per heavy atom. The molecule has 25 heavy (non-hydrogen) atoms. The maximum absolute atomic E-state index is 13.1. The van der Waals surface area contributed by atoms with Gasteiger partial charge < -0.3 is 9.64 Å². The van der Waals surface area contributed by atoms with Crippen molar-refractivity contribution in [3.05, 3.63) is 59.8 Å². The highest BCUT2D eigenvalue weighted by molar-refractivity contribution is 5.96. The van der Waals surface area contributed by atoms with Gasteiger partial charge in [-0.2, -0.15) is 5.26 Å². The number of methoxy groups -OCH3 is 1. The van der Waals surface area contributed by atoms with E-state index in [1.165, 1.54) is 7.11 Å². The molecule has 1 amide bonds. The molecule has 5 heteroatoms. The molecule has 0 N–H and O–H groups in total. The molecule has 1 fully saturated rings. The number of benzene rings is 1. The van der Waals surface area contributed by atoms with E-state index in [0.29, 0.717) is 18.0 Å². The predicted octanol–water partition coefficient (Wildman–Crippen LogP) is 3.39. The molecule has 128 valence electrons. The van der Waals surface area contributed by atoms with Crippen molar-refractivity contribution in [2.45, 2.75) is 31.2 Å². The summed E-state index contributed by atoms with van der Waals surface area (Å²) in [5.41, 5.74) is 1.40. The zero-order chi connectivity index (χ0) is 17.6. The lowest BCUT2D eigenvalue weighted by atomic mass is 9.85. The Morgan fingerprint density at radius 1 is 1.28 bits per heavy atom. The van der Waals surface area contributed by atoms with Gasteiger partial charge in [-0.15, -0.1) is 0 Å². The number of hydrogen-bond acceptors (Lipinski definition) is 4. The summed E-state index contributed by atoms with van der Waals surface area (Å²) >= 11 is 0. The van der Waals surface area contributed by atoms with Gasteiger partial charge in [-0.05, 0) is 37.0 Å². The Hall–Kier alpha value is -2.87. The van der Waals surface area contributed by atoms with Crippen molar-refractivity contribution in [1.82, 2.24) is 9.88 Å². The topological polar surface area (TPSA) is 66.2 Å². The van der Waals surface area contributed by atoms with Crippen molar-refractivity contribution in [2.24, 2.45) is 0 Å². The quantitative estimate of drug-likeness (QED) is 0.859. The predicted molar refractivity (Wildman–Crippen MR) is 94.3 cm³/mol. The first-order valence-corrected chi connectivity index (χ1v) is 8.50. The molecule has 2 atom stereocenters. The number of likely N-dealkylation sites (tertiary alicyclic amines) is 1. The van der Waals surface area contributed by atoms with Crippen molar-refractivity contribution in [1.29, 1.82) is 5.26 Å². The molecule has 0 unspecified atom stereocenters. The fraction of sp³-hybridized carbons (Fsp3) is 0.350. The summed E-state index contributed by atoms with van der Waals surface area (Å²) < 4.78 is 5.24. The second-order valence-electron chi connectivity index (χ2n) is 6.14. The highest BCUT2D eigenvalue weighted by Crippen LogP contribution is 2.32. The van der Waals surface area contributed by atoms with E-state index in [-0.39, 0.29) is 17.9 Å². The van der Waals surface area contributed by atoms with Gasteiger partial charge in [-0.3, -0.25) is 4.79 Å². The monoisotopic (exact) mass is 335 g/mol. The SMILES string of the molecule is COc1ncccc1C(=O)N1CCCC[C@@H]1[C@@H](C#N)c1ccccc1. The first-order valence-electron chi connectivity index (χ1n) is 8.50. The van der Waals surface area contributed by atoms with Crippen molar-refractivity contribution in [3.63, 3.8) is 0 Å². The minimum atomic E-state index is -0.340. The average molecular weight is 335 g/mol. The van der Waals surface area contributed by atoms with E-state index in [1.54, 1.807) is 18.3 Å². The molecule has 2 heterocycles. The molecule has 2 aromatic rings. The third kappa shape index (κ3) is 3.48. The summed E-state index contributed by atoms with van der Waals surface area (Å²) in [6, 6.07) is 15.4. The van der Waals surface area contributed by atoms with Crippen LogP contribution in [0.1, 0.15) is 41.1 Å². The lowest BCUT2D eigenvalue weighted by Crippen LogP contribution is -2.46. The Kier molecular flexibility index (Phi) is 5.30. The highest BCUT2D eigenvalue weighted by atomic mass is 16.5. The molecule has 0 saturated carbocycles. The van der Waals surface area contributed by atoms with Crippen LogP contribution in [0.2, 0.25) is 0 Å². The van der Waals surface area contributed by atoms with Gasteiger partial charge in [-0.25, -0.2) is 4.98 Å². The van der Waals surface area contributed by atoms with Gasteiger partial charge in [0.15, 0.2) is 0 Å². The van der Waals surface area contributed by atoms with Crippen LogP contribution in [0.15, 0.2) is 48.7 Å². The van der Waals surface area contributed by atoms with Crippen LogP contribution in [0.25, 0.3) is 0 Å². The third-order valence-electron chi connectivity index (χ3n) is 4.69. The summed E-state index contributed by atoms with van der Waals surface area (Å²) in [4.78, 5) is 19.1. The van der Waals surface area contributed by atoms with Crippen molar-refractivity contribution in [3.8, 4) is 11.9 Å². The summed E-state index contributed by atoms with van der Waals surface area (Å²) in [7, 11) is 1.51. The molecule has 1 aliphatic heterocycles. The molecule has 1 aromatic carbocycles. The van der Waals surface area contributed by atoms with Gasteiger partial charge in [0.2, 0.25) is 5.88 Å². The first-order chi connectivity index (χ1) is 12.3. The van der Waals surface area contributed by atoms with E-state index in [4.69, 9.17) is 4.74 Å². The summed E-state index contributed by atoms with van der Waals surface area (Å²) in [6.45, 7) is 0.645. The Bertz CT molecular complexity index is 770. The fourth-order valence-corrected chi connectivity index (χ4v) is 3.47. The number of piperidine rings is 1. The van der Waals surface area contributed by atoms with Gasteiger partial charge >= 0.3 is 0 Å². The van der Waals surface area contributed by atoms with Gasteiger partial charge in [0.05, 0.1) is 25.1 Å². The minimum Gasteiger partial charge on any atom is -0.480 e. The number of carbonyl (C=O) groups is 1. The fourth-order valence-electron chi connectivity index (χ4n) is 3.47. The van der Waals surface area contributed by atoms with Crippen LogP contribution in [0.5, 0.6) is 5.88 Å². The molecule has 1 aromatic heterocycles. The second-order valence-corrected chi connectivity index (χ2v) is 6.14. The Balaban J connectivity index is 1.93. The first kappa shape index (κ1) is 17.0. The molecule has 0 spiro atoms. The smallest absolute Gasteiger partial charge is 0.259 e. The van der Waals surface area contributed by atoms with Gasteiger partial charge in [0, 0.05) is 12.7 Å². The van der Waals surface area contributed by atoms with Crippen molar-refractivity contribution in [2.75, 3.05) is 13.7 Å². The van der Waals surface area contributed by atoms with Crippen LogP contribution < -0.4 is 4.74 Å². The van der Waals surface area contributed by atoms with E-state index < -0.39 is 0 Å². The molecule has 0 radical (unpaired) electrons. The van der Waals surface area contributed by atoms with Crippen LogP contribution in [0.3, 0.4) is 0 Å². The number of carbonyl (C=O) groups excluding carboxylic acids is 1. The van der Waals surface area contributed by atoms with Gasteiger partial charge in [0.25, 0.3) is 5.91 Å². The van der Waals surface area contributed by atoms with Crippen LogP contribution in [-0.2, 0) is 0 Å². The number of nitrogens with zero attached hydrogens (tertiary/aromatic N) is 3. The largest absolute Gasteiger partial charge is 0.480 e. The number of nitriles is 1. The van der Waals surface area contributed by atoms with Crippen LogP contribution in [0, 0.1) is 11.3 Å². The van der Waals surface area contributed by atoms with Crippen LogP contribution in [-0.4, -0.2) is 35.5 Å². The van der Waals surface area contributed by atoms with Crippen molar-refractivity contribution < 1.29 is 9.53 Å². The third-order valence-corrected chi connectivity index (χ3v) is 4.69. The van der Waals surface area contributed by atoms with Crippen LogP contribution >= 0.6 is 0 Å². The zero-order valence-corrected chi connectivity index (χ0v) is 14.3.